The minimum absolute atomic E-state index is 0.661. The quantitative estimate of drug-likeness (QED) is 0.698. The van der Waals surface area contributed by atoms with E-state index >= 15 is 0 Å². The van der Waals surface area contributed by atoms with Gasteiger partial charge in [-0.25, -0.2) is 4.98 Å². The van der Waals surface area contributed by atoms with Gasteiger partial charge in [0.15, 0.2) is 0 Å². The number of rotatable bonds is 4. The Morgan fingerprint density at radius 3 is 2.48 bits per heavy atom. The van der Waals surface area contributed by atoms with Crippen molar-refractivity contribution in [2.45, 2.75) is 6.92 Å². The fourth-order valence-electron chi connectivity index (χ4n) is 2.25. The van der Waals surface area contributed by atoms with E-state index < -0.39 is 0 Å². The van der Waals surface area contributed by atoms with Crippen molar-refractivity contribution in [1.29, 1.82) is 0 Å². The van der Waals surface area contributed by atoms with E-state index in [9.17, 15) is 0 Å². The number of nitrogens with zero attached hydrogens (tertiary/aromatic N) is 3. The first kappa shape index (κ1) is 15.5. The van der Waals surface area contributed by atoms with Crippen LogP contribution in [0.25, 0.3) is 0 Å². The summed E-state index contributed by atoms with van der Waals surface area (Å²) < 4.78 is 1.02. The first-order valence-corrected chi connectivity index (χ1v) is 8.08. The Labute approximate surface area is 144 Å². The van der Waals surface area contributed by atoms with Gasteiger partial charge in [-0.3, -0.25) is 0 Å². The molecule has 0 fully saturated rings. The molecule has 0 spiro atoms. The Hall–Kier alpha value is -2.40. The molecule has 5 heteroatoms. The fraction of sp³-hybridized carbons (Fsp3) is 0.111. The number of para-hydroxylation sites is 1. The average molecular weight is 369 g/mol. The summed E-state index contributed by atoms with van der Waals surface area (Å²) in [4.78, 5) is 11.1. The molecular formula is C18H17BrN4. The van der Waals surface area contributed by atoms with E-state index in [-0.39, 0.29) is 0 Å². The number of benzene rings is 2. The van der Waals surface area contributed by atoms with Crippen LogP contribution in [-0.4, -0.2) is 17.0 Å². The molecule has 1 N–H and O–H groups in total. The van der Waals surface area contributed by atoms with Gasteiger partial charge in [0.2, 0.25) is 5.95 Å². The van der Waals surface area contributed by atoms with Gasteiger partial charge in [-0.15, -0.1) is 0 Å². The van der Waals surface area contributed by atoms with Crippen LogP contribution in [0.4, 0.5) is 23.1 Å². The van der Waals surface area contributed by atoms with Crippen molar-refractivity contribution in [3.8, 4) is 0 Å². The smallest absolute Gasteiger partial charge is 0.231 e. The fourth-order valence-corrected chi connectivity index (χ4v) is 2.65. The largest absolute Gasteiger partial charge is 0.340 e. The predicted octanol–water partition coefficient (Wildman–Crippen LogP) is 5.06. The van der Waals surface area contributed by atoms with Crippen molar-refractivity contribution in [3.63, 3.8) is 0 Å². The first-order valence-electron chi connectivity index (χ1n) is 7.29. The highest BCUT2D eigenvalue weighted by atomic mass is 79.9. The molecule has 0 saturated carbocycles. The molecular weight excluding hydrogens is 352 g/mol. The van der Waals surface area contributed by atoms with Gasteiger partial charge >= 0.3 is 0 Å². The van der Waals surface area contributed by atoms with E-state index in [1.54, 1.807) is 0 Å². The van der Waals surface area contributed by atoms with E-state index in [4.69, 9.17) is 0 Å². The van der Waals surface area contributed by atoms with Crippen LogP contribution >= 0.6 is 15.9 Å². The molecule has 0 unspecified atom stereocenters. The van der Waals surface area contributed by atoms with E-state index in [0.717, 1.165) is 27.4 Å². The van der Waals surface area contributed by atoms with Crippen molar-refractivity contribution >= 4 is 39.1 Å². The van der Waals surface area contributed by atoms with Crippen LogP contribution < -0.4 is 10.2 Å². The zero-order valence-corrected chi connectivity index (χ0v) is 14.6. The van der Waals surface area contributed by atoms with Crippen molar-refractivity contribution in [2.24, 2.45) is 0 Å². The molecule has 0 aliphatic rings. The summed E-state index contributed by atoms with van der Waals surface area (Å²) in [6, 6.07) is 20.0. The van der Waals surface area contributed by atoms with Gasteiger partial charge in [0.1, 0.15) is 5.82 Å². The van der Waals surface area contributed by atoms with Gasteiger partial charge in [0.25, 0.3) is 0 Å². The Bertz CT molecular complexity index is 805. The third-order valence-corrected chi connectivity index (χ3v) is 3.88. The van der Waals surface area contributed by atoms with Gasteiger partial charge in [-0.2, -0.15) is 4.98 Å². The average Bonchev–Trinajstić information content (AvgIpc) is 2.54. The number of hydrogen-bond donors (Lipinski definition) is 1. The summed E-state index contributed by atoms with van der Waals surface area (Å²) in [7, 11) is 1.97. The van der Waals surface area contributed by atoms with Gasteiger partial charge in [-0.05, 0) is 37.3 Å². The zero-order valence-electron chi connectivity index (χ0n) is 13.0. The molecule has 3 aromatic rings. The Balaban J connectivity index is 1.90. The molecule has 0 aliphatic carbocycles. The lowest BCUT2D eigenvalue weighted by Gasteiger charge is -2.18. The summed E-state index contributed by atoms with van der Waals surface area (Å²) in [6.45, 7) is 1.97. The van der Waals surface area contributed by atoms with Crippen LogP contribution in [0.2, 0.25) is 0 Å². The Kier molecular flexibility index (Phi) is 4.57. The number of anilines is 4. The summed E-state index contributed by atoms with van der Waals surface area (Å²) in [6.07, 6.45) is 0. The number of aromatic nitrogens is 2. The molecule has 0 aliphatic heterocycles. The molecule has 0 atom stereocenters. The van der Waals surface area contributed by atoms with Crippen LogP contribution in [0, 0.1) is 6.92 Å². The van der Waals surface area contributed by atoms with Gasteiger partial charge in [-0.1, -0.05) is 40.2 Å². The van der Waals surface area contributed by atoms with Gasteiger partial charge in [0, 0.05) is 34.7 Å². The van der Waals surface area contributed by atoms with Crippen molar-refractivity contribution in [1.82, 2.24) is 9.97 Å². The number of aryl methyl sites for hydroxylation is 1. The molecule has 2 aromatic carbocycles. The molecule has 0 saturated heterocycles. The van der Waals surface area contributed by atoms with Crippen LogP contribution in [0.15, 0.2) is 65.1 Å². The summed E-state index contributed by atoms with van der Waals surface area (Å²) in [5.74, 6) is 1.43. The third kappa shape index (κ3) is 3.87. The third-order valence-electron chi connectivity index (χ3n) is 3.38. The molecule has 1 heterocycles. The van der Waals surface area contributed by atoms with E-state index in [2.05, 4.69) is 31.2 Å². The second-order valence-corrected chi connectivity index (χ2v) is 6.14. The number of nitrogens with one attached hydrogen (secondary N) is 1. The molecule has 1 aromatic heterocycles. The maximum absolute atomic E-state index is 4.62. The summed E-state index contributed by atoms with van der Waals surface area (Å²) in [5, 5.41) is 3.32. The van der Waals surface area contributed by atoms with Crippen molar-refractivity contribution in [2.75, 3.05) is 17.3 Å². The van der Waals surface area contributed by atoms with Gasteiger partial charge < -0.3 is 10.2 Å². The lowest BCUT2D eigenvalue weighted by atomic mass is 10.3. The normalized spacial score (nSPS) is 10.4. The number of halogens is 1. The Morgan fingerprint density at radius 2 is 1.74 bits per heavy atom. The van der Waals surface area contributed by atoms with E-state index in [1.807, 2.05) is 79.5 Å². The number of hydrogen-bond acceptors (Lipinski definition) is 4. The highest BCUT2D eigenvalue weighted by Gasteiger charge is 2.09. The maximum Gasteiger partial charge on any atom is 0.231 e. The van der Waals surface area contributed by atoms with E-state index in [1.165, 1.54) is 0 Å². The topological polar surface area (TPSA) is 41.1 Å². The van der Waals surface area contributed by atoms with E-state index in [0.29, 0.717) is 5.95 Å². The summed E-state index contributed by atoms with van der Waals surface area (Å²) >= 11 is 3.48. The second kappa shape index (κ2) is 6.79. The maximum atomic E-state index is 4.62. The van der Waals surface area contributed by atoms with Crippen molar-refractivity contribution in [3.05, 3.63) is 70.8 Å². The SMILES string of the molecule is Cc1cc(Nc2cccc(Br)c2)nc(N(C)c2ccccc2)n1. The molecule has 0 radical (unpaired) electrons. The second-order valence-electron chi connectivity index (χ2n) is 5.22. The van der Waals surface area contributed by atoms with Crippen LogP contribution in [0.5, 0.6) is 0 Å². The zero-order chi connectivity index (χ0) is 16.2. The monoisotopic (exact) mass is 368 g/mol. The standard InChI is InChI=1S/C18H17BrN4/c1-13-11-17(21-15-8-6-7-14(19)12-15)22-18(20-13)23(2)16-9-4-3-5-10-16/h3-12H,1-2H3,(H,20,21,22). The lowest BCUT2D eigenvalue weighted by molar-refractivity contribution is 1.02. The highest BCUT2D eigenvalue weighted by Crippen LogP contribution is 2.24. The minimum Gasteiger partial charge on any atom is -0.340 e. The van der Waals surface area contributed by atoms with Crippen LogP contribution in [0.1, 0.15) is 5.69 Å². The molecule has 23 heavy (non-hydrogen) atoms. The molecule has 4 nitrogen and oxygen atoms in total. The highest BCUT2D eigenvalue weighted by molar-refractivity contribution is 9.10. The molecule has 0 amide bonds. The van der Waals surface area contributed by atoms with Crippen molar-refractivity contribution < 1.29 is 0 Å². The Morgan fingerprint density at radius 1 is 0.957 bits per heavy atom. The molecule has 0 bridgehead atoms. The van der Waals surface area contributed by atoms with Crippen LogP contribution in [-0.2, 0) is 0 Å². The molecule has 3 rings (SSSR count). The minimum atomic E-state index is 0.661. The lowest BCUT2D eigenvalue weighted by Crippen LogP contribution is -2.14. The summed E-state index contributed by atoms with van der Waals surface area (Å²) in [5.41, 5.74) is 2.94. The predicted molar refractivity (Wildman–Crippen MR) is 98.7 cm³/mol. The first-order chi connectivity index (χ1) is 11.1. The molecule has 116 valence electrons. The van der Waals surface area contributed by atoms with Gasteiger partial charge in [0.05, 0.1) is 0 Å². The van der Waals surface area contributed by atoms with Crippen LogP contribution in [0.3, 0.4) is 0 Å².